The third-order valence-electron chi connectivity index (χ3n) is 5.37. The number of carbonyl (C=O) groups excluding carboxylic acids is 1. The molecule has 3 rings (SSSR count). The van der Waals surface area contributed by atoms with Crippen LogP contribution in [0.1, 0.15) is 51.7 Å². The standard InChI is InChI=1S/C19H25N3O2/c1-18(2)9-6-10-19(3,17(18)24)16(23)14-8-5-4-7-13(14)15-11-22(20)12-21-15/h4-5,7-8,11-12,16,23H,6,9-10,20H2,1-3H3. The number of hydrogen-bond donors (Lipinski definition) is 2. The van der Waals surface area contributed by atoms with Gasteiger partial charge in [-0.3, -0.25) is 9.47 Å². The van der Waals surface area contributed by atoms with E-state index in [2.05, 4.69) is 4.98 Å². The smallest absolute Gasteiger partial charge is 0.147 e. The number of ketones is 1. The highest BCUT2D eigenvalue weighted by atomic mass is 16.3. The van der Waals surface area contributed by atoms with Crippen LogP contribution in [0.2, 0.25) is 0 Å². The highest BCUT2D eigenvalue weighted by molar-refractivity contribution is 5.91. The van der Waals surface area contributed by atoms with E-state index in [1.54, 1.807) is 6.20 Å². The highest BCUT2D eigenvalue weighted by Crippen LogP contribution is 2.50. The van der Waals surface area contributed by atoms with Crippen molar-refractivity contribution in [2.24, 2.45) is 10.8 Å². The van der Waals surface area contributed by atoms with Crippen LogP contribution in [0.25, 0.3) is 11.3 Å². The van der Waals surface area contributed by atoms with Crippen LogP contribution < -0.4 is 5.84 Å². The van der Waals surface area contributed by atoms with Crippen LogP contribution in [0.5, 0.6) is 0 Å². The molecular weight excluding hydrogens is 302 g/mol. The van der Waals surface area contributed by atoms with Crippen LogP contribution in [0.15, 0.2) is 36.8 Å². The topological polar surface area (TPSA) is 81.1 Å². The van der Waals surface area contributed by atoms with Gasteiger partial charge in [0.2, 0.25) is 0 Å². The first-order valence-electron chi connectivity index (χ1n) is 8.37. The zero-order chi connectivity index (χ0) is 17.5. The average molecular weight is 327 g/mol. The van der Waals surface area contributed by atoms with Crippen molar-refractivity contribution in [3.8, 4) is 11.3 Å². The number of nitrogens with zero attached hydrogens (tertiary/aromatic N) is 2. The normalized spacial score (nSPS) is 24.8. The van der Waals surface area contributed by atoms with Crippen LogP contribution in [0, 0.1) is 10.8 Å². The molecule has 128 valence electrons. The SMILES string of the molecule is CC1(C)CCCC(C)(C(O)c2ccccc2-c2cn(N)cn2)C1=O. The number of nitrogen functional groups attached to an aromatic ring is 1. The number of aromatic nitrogens is 2. The lowest BCUT2D eigenvalue weighted by Crippen LogP contribution is -2.46. The molecule has 1 aromatic heterocycles. The number of aliphatic hydroxyl groups is 1. The van der Waals surface area contributed by atoms with E-state index in [4.69, 9.17) is 5.84 Å². The summed E-state index contributed by atoms with van der Waals surface area (Å²) >= 11 is 0. The molecule has 5 heteroatoms. The first kappa shape index (κ1) is 16.7. The maximum Gasteiger partial charge on any atom is 0.147 e. The summed E-state index contributed by atoms with van der Waals surface area (Å²) in [4.78, 5) is 17.3. The Morgan fingerprint density at radius 1 is 1.25 bits per heavy atom. The molecule has 2 aromatic rings. The number of carbonyl (C=O) groups is 1. The summed E-state index contributed by atoms with van der Waals surface area (Å²) in [7, 11) is 0. The Morgan fingerprint density at radius 3 is 2.62 bits per heavy atom. The van der Waals surface area contributed by atoms with Crippen LogP contribution in [0.3, 0.4) is 0 Å². The minimum Gasteiger partial charge on any atom is -0.387 e. The third kappa shape index (κ3) is 2.63. The molecule has 0 radical (unpaired) electrons. The predicted octanol–water partition coefficient (Wildman–Crippen LogP) is 3.08. The Morgan fingerprint density at radius 2 is 1.96 bits per heavy atom. The van der Waals surface area contributed by atoms with Gasteiger partial charge in [0.05, 0.1) is 23.4 Å². The molecule has 24 heavy (non-hydrogen) atoms. The van der Waals surface area contributed by atoms with Gasteiger partial charge in [0.1, 0.15) is 12.1 Å². The molecular formula is C19H25N3O2. The molecule has 1 fully saturated rings. The van der Waals surface area contributed by atoms with E-state index >= 15 is 0 Å². The Hall–Kier alpha value is -2.14. The molecule has 2 unspecified atom stereocenters. The van der Waals surface area contributed by atoms with Crippen molar-refractivity contribution >= 4 is 5.78 Å². The largest absolute Gasteiger partial charge is 0.387 e. The quantitative estimate of drug-likeness (QED) is 0.849. The van der Waals surface area contributed by atoms with Crippen molar-refractivity contribution in [2.45, 2.75) is 46.1 Å². The Balaban J connectivity index is 2.05. The molecule has 5 nitrogen and oxygen atoms in total. The first-order valence-corrected chi connectivity index (χ1v) is 8.37. The fraction of sp³-hybridized carbons (Fsp3) is 0.474. The van der Waals surface area contributed by atoms with Gasteiger partial charge in [-0.1, -0.05) is 44.5 Å². The van der Waals surface area contributed by atoms with Crippen molar-refractivity contribution in [2.75, 3.05) is 5.84 Å². The summed E-state index contributed by atoms with van der Waals surface area (Å²) in [5.41, 5.74) is 1.04. The van der Waals surface area contributed by atoms with Gasteiger partial charge >= 0.3 is 0 Å². The summed E-state index contributed by atoms with van der Waals surface area (Å²) < 4.78 is 1.38. The zero-order valence-corrected chi connectivity index (χ0v) is 14.5. The summed E-state index contributed by atoms with van der Waals surface area (Å²) in [5.74, 6) is 5.84. The van der Waals surface area contributed by atoms with E-state index in [1.165, 1.54) is 11.0 Å². The van der Waals surface area contributed by atoms with Crippen molar-refractivity contribution in [1.82, 2.24) is 9.66 Å². The molecule has 1 aromatic carbocycles. The number of benzene rings is 1. The highest BCUT2D eigenvalue weighted by Gasteiger charge is 2.50. The van der Waals surface area contributed by atoms with Crippen molar-refractivity contribution in [3.63, 3.8) is 0 Å². The average Bonchev–Trinajstić information content (AvgIpc) is 2.98. The minimum atomic E-state index is -0.872. The molecule has 1 aliphatic rings. The van der Waals surface area contributed by atoms with Gasteiger partial charge < -0.3 is 10.9 Å². The van der Waals surface area contributed by atoms with E-state index < -0.39 is 16.9 Å². The number of Topliss-reactive ketones (excluding diaryl/α,β-unsaturated/α-hetero) is 1. The third-order valence-corrected chi connectivity index (χ3v) is 5.37. The van der Waals surface area contributed by atoms with Gasteiger partial charge in [-0.15, -0.1) is 0 Å². The monoisotopic (exact) mass is 327 g/mol. The lowest BCUT2D eigenvalue weighted by Gasteiger charge is -2.44. The summed E-state index contributed by atoms with van der Waals surface area (Å²) in [6, 6.07) is 7.55. The molecule has 0 spiro atoms. The molecule has 0 amide bonds. The van der Waals surface area contributed by atoms with E-state index in [9.17, 15) is 9.90 Å². The van der Waals surface area contributed by atoms with Gasteiger partial charge in [-0.25, -0.2) is 4.98 Å². The lowest BCUT2D eigenvalue weighted by molar-refractivity contribution is -0.149. The lowest BCUT2D eigenvalue weighted by atomic mass is 9.60. The summed E-state index contributed by atoms with van der Waals surface area (Å²) in [6.45, 7) is 5.84. The Bertz CT molecular complexity index is 765. The van der Waals surface area contributed by atoms with Gasteiger partial charge in [0.15, 0.2) is 0 Å². The van der Waals surface area contributed by atoms with E-state index in [1.807, 2.05) is 45.0 Å². The van der Waals surface area contributed by atoms with Gasteiger partial charge in [-0.2, -0.15) is 0 Å². The molecule has 2 atom stereocenters. The maximum absolute atomic E-state index is 13.0. The van der Waals surface area contributed by atoms with E-state index in [0.29, 0.717) is 12.1 Å². The second-order valence-corrected chi connectivity index (χ2v) is 7.68. The fourth-order valence-corrected chi connectivity index (χ4v) is 3.95. The minimum absolute atomic E-state index is 0.132. The molecule has 0 aliphatic heterocycles. The van der Waals surface area contributed by atoms with Crippen LogP contribution in [-0.2, 0) is 4.79 Å². The second kappa shape index (κ2) is 5.74. The molecule has 3 N–H and O–H groups in total. The molecule has 1 heterocycles. The summed E-state index contributed by atoms with van der Waals surface area (Å²) in [5, 5.41) is 11.2. The van der Waals surface area contributed by atoms with Gasteiger partial charge in [0.25, 0.3) is 0 Å². The molecule has 0 saturated heterocycles. The zero-order valence-electron chi connectivity index (χ0n) is 14.5. The molecule has 1 saturated carbocycles. The van der Waals surface area contributed by atoms with Crippen LogP contribution >= 0.6 is 0 Å². The summed E-state index contributed by atoms with van der Waals surface area (Å²) in [6.07, 6.45) is 4.86. The van der Waals surface area contributed by atoms with E-state index in [0.717, 1.165) is 24.0 Å². The van der Waals surface area contributed by atoms with Gasteiger partial charge in [-0.05, 0) is 25.3 Å². The van der Waals surface area contributed by atoms with Crippen molar-refractivity contribution in [3.05, 3.63) is 42.4 Å². The van der Waals surface area contributed by atoms with Crippen LogP contribution in [-0.4, -0.2) is 20.5 Å². The number of imidazole rings is 1. The van der Waals surface area contributed by atoms with E-state index in [-0.39, 0.29) is 5.78 Å². The van der Waals surface area contributed by atoms with Crippen molar-refractivity contribution in [1.29, 1.82) is 0 Å². The molecule has 1 aliphatic carbocycles. The second-order valence-electron chi connectivity index (χ2n) is 7.68. The Labute approximate surface area is 142 Å². The first-order chi connectivity index (χ1) is 11.3. The fourth-order valence-electron chi connectivity index (χ4n) is 3.95. The van der Waals surface area contributed by atoms with Crippen molar-refractivity contribution < 1.29 is 9.90 Å². The Kier molecular flexibility index (Phi) is 4.00. The predicted molar refractivity (Wildman–Crippen MR) is 93.5 cm³/mol. The number of rotatable bonds is 3. The number of aliphatic hydroxyl groups excluding tert-OH is 1. The number of hydrogen-bond acceptors (Lipinski definition) is 4. The van der Waals surface area contributed by atoms with Crippen LogP contribution in [0.4, 0.5) is 0 Å². The van der Waals surface area contributed by atoms with Gasteiger partial charge in [0, 0.05) is 11.0 Å². The maximum atomic E-state index is 13.0. The molecule has 0 bridgehead atoms. The number of nitrogens with two attached hydrogens (primary N) is 1.